The molecule has 0 unspecified atom stereocenters. The summed E-state index contributed by atoms with van der Waals surface area (Å²) in [4.78, 5) is 0.394. The fourth-order valence-electron chi connectivity index (χ4n) is 3.60. The van der Waals surface area contributed by atoms with E-state index in [9.17, 15) is 8.42 Å². The Morgan fingerprint density at radius 2 is 1.67 bits per heavy atom. The predicted octanol–water partition coefficient (Wildman–Crippen LogP) is 4.54. The van der Waals surface area contributed by atoms with Gasteiger partial charge in [0.2, 0.25) is 10.0 Å². The molecule has 0 amide bonds. The monoisotopic (exact) mass is 386 g/mol. The number of hydrogen-bond acceptors (Lipinski definition) is 3. The van der Waals surface area contributed by atoms with Gasteiger partial charge in [-0.2, -0.15) is 4.31 Å². The lowest BCUT2D eigenvalue weighted by molar-refractivity contribution is 0.273. The van der Waals surface area contributed by atoms with Crippen molar-refractivity contribution in [3.8, 4) is 0 Å². The third-order valence-electron chi connectivity index (χ3n) is 5.29. The van der Waals surface area contributed by atoms with Crippen molar-refractivity contribution in [3.63, 3.8) is 0 Å². The normalized spacial score (nSPS) is 16.3. The summed E-state index contributed by atoms with van der Waals surface area (Å²) in [6.07, 6.45) is 5.13. The van der Waals surface area contributed by atoms with Gasteiger partial charge in [-0.15, -0.1) is 0 Å². The highest BCUT2D eigenvalue weighted by atomic mass is 32.2. The van der Waals surface area contributed by atoms with E-state index in [1.54, 1.807) is 16.4 Å². The Kier molecular flexibility index (Phi) is 6.91. The molecule has 2 aromatic carbocycles. The minimum Gasteiger partial charge on any atom is -0.385 e. The maximum atomic E-state index is 12.9. The molecule has 0 radical (unpaired) electrons. The van der Waals surface area contributed by atoms with E-state index in [4.69, 9.17) is 0 Å². The molecule has 1 fully saturated rings. The zero-order chi connectivity index (χ0) is 19.1. The Morgan fingerprint density at radius 3 is 2.30 bits per heavy atom. The summed E-state index contributed by atoms with van der Waals surface area (Å²) in [6.45, 7) is 4.28. The van der Waals surface area contributed by atoms with Gasteiger partial charge in [0.15, 0.2) is 0 Å². The van der Waals surface area contributed by atoms with Gasteiger partial charge in [0, 0.05) is 25.3 Å². The third-order valence-corrected chi connectivity index (χ3v) is 7.21. The molecular formula is C22H30N2O2S. The van der Waals surface area contributed by atoms with Crippen LogP contribution in [0.5, 0.6) is 0 Å². The first kappa shape index (κ1) is 19.9. The average Bonchev–Trinajstić information content (AvgIpc) is 2.70. The van der Waals surface area contributed by atoms with Gasteiger partial charge in [-0.25, -0.2) is 8.42 Å². The largest absolute Gasteiger partial charge is 0.385 e. The quantitative estimate of drug-likeness (QED) is 0.678. The lowest BCUT2D eigenvalue weighted by Crippen LogP contribution is -2.38. The number of nitrogens with one attached hydrogen (secondary N) is 1. The van der Waals surface area contributed by atoms with Gasteiger partial charge in [-0.05, 0) is 61.4 Å². The second-order valence-electron chi connectivity index (χ2n) is 7.34. The molecule has 0 bridgehead atoms. The molecule has 1 saturated heterocycles. The maximum Gasteiger partial charge on any atom is 0.243 e. The van der Waals surface area contributed by atoms with Crippen molar-refractivity contribution in [1.82, 2.24) is 4.31 Å². The number of anilines is 1. The van der Waals surface area contributed by atoms with Crippen LogP contribution in [0.3, 0.4) is 0 Å². The number of benzene rings is 2. The van der Waals surface area contributed by atoms with Crippen molar-refractivity contribution in [1.29, 1.82) is 0 Å². The molecule has 146 valence electrons. The standard InChI is InChI=1S/C22H30N2O2S/c1-2-3-15-23-21-9-11-22(12-10-21)27(25,26)24-16-13-20(14-17-24)18-19-7-5-4-6-8-19/h4-12,20,23H,2-3,13-18H2,1H3. The van der Waals surface area contributed by atoms with E-state index < -0.39 is 10.0 Å². The van der Waals surface area contributed by atoms with Gasteiger partial charge in [0.25, 0.3) is 0 Å². The number of unbranched alkanes of at least 4 members (excludes halogenated alkanes) is 1. The smallest absolute Gasteiger partial charge is 0.243 e. The molecule has 27 heavy (non-hydrogen) atoms. The minimum atomic E-state index is -3.39. The van der Waals surface area contributed by atoms with Crippen LogP contribution in [0, 0.1) is 5.92 Å². The van der Waals surface area contributed by atoms with E-state index >= 15 is 0 Å². The maximum absolute atomic E-state index is 12.9. The van der Waals surface area contributed by atoms with Crippen LogP contribution >= 0.6 is 0 Å². The molecule has 0 atom stereocenters. The molecule has 2 aromatic rings. The molecule has 3 rings (SSSR count). The van der Waals surface area contributed by atoms with Crippen LogP contribution in [0.1, 0.15) is 38.2 Å². The number of hydrogen-bond donors (Lipinski definition) is 1. The lowest BCUT2D eigenvalue weighted by atomic mass is 9.91. The summed E-state index contributed by atoms with van der Waals surface area (Å²) in [5.74, 6) is 0.559. The van der Waals surface area contributed by atoms with Crippen LogP contribution in [0.2, 0.25) is 0 Å². The van der Waals surface area contributed by atoms with Gasteiger partial charge >= 0.3 is 0 Å². The highest BCUT2D eigenvalue weighted by Crippen LogP contribution is 2.26. The summed E-state index contributed by atoms with van der Waals surface area (Å²) >= 11 is 0. The number of piperidine rings is 1. The van der Waals surface area contributed by atoms with Crippen LogP contribution in [0.15, 0.2) is 59.5 Å². The molecule has 1 heterocycles. The van der Waals surface area contributed by atoms with Crippen LogP contribution in [-0.4, -0.2) is 32.4 Å². The van der Waals surface area contributed by atoms with E-state index in [2.05, 4.69) is 36.5 Å². The molecule has 1 aliphatic heterocycles. The lowest BCUT2D eigenvalue weighted by Gasteiger charge is -2.31. The first-order valence-electron chi connectivity index (χ1n) is 9.97. The van der Waals surface area contributed by atoms with Crippen molar-refractivity contribution >= 4 is 15.7 Å². The summed E-state index contributed by atoms with van der Waals surface area (Å²) in [5.41, 5.74) is 2.31. The topological polar surface area (TPSA) is 49.4 Å². The first-order chi connectivity index (χ1) is 13.1. The summed E-state index contributed by atoms with van der Waals surface area (Å²) in [5, 5.41) is 3.32. The van der Waals surface area contributed by atoms with E-state index in [0.717, 1.165) is 44.3 Å². The number of rotatable bonds is 8. The van der Waals surface area contributed by atoms with E-state index in [1.807, 2.05) is 18.2 Å². The highest BCUT2D eigenvalue weighted by Gasteiger charge is 2.29. The van der Waals surface area contributed by atoms with Gasteiger partial charge in [0.05, 0.1) is 4.90 Å². The molecule has 1 N–H and O–H groups in total. The van der Waals surface area contributed by atoms with Gasteiger partial charge in [0.1, 0.15) is 0 Å². The number of nitrogens with zero attached hydrogens (tertiary/aromatic N) is 1. The van der Waals surface area contributed by atoms with Gasteiger partial charge < -0.3 is 5.32 Å². The van der Waals surface area contributed by atoms with Crippen molar-refractivity contribution < 1.29 is 8.42 Å². The fourth-order valence-corrected chi connectivity index (χ4v) is 5.07. The van der Waals surface area contributed by atoms with E-state index in [1.165, 1.54) is 5.56 Å². The molecule has 0 aliphatic carbocycles. The van der Waals surface area contributed by atoms with Crippen LogP contribution in [-0.2, 0) is 16.4 Å². The highest BCUT2D eigenvalue weighted by molar-refractivity contribution is 7.89. The molecule has 0 spiro atoms. The molecular weight excluding hydrogens is 356 g/mol. The van der Waals surface area contributed by atoms with E-state index in [-0.39, 0.29) is 0 Å². The Labute approximate surface area is 163 Å². The Bertz CT molecular complexity index is 796. The van der Waals surface area contributed by atoms with Crippen LogP contribution in [0.25, 0.3) is 0 Å². The SMILES string of the molecule is CCCCNc1ccc(S(=O)(=O)N2CCC(Cc3ccccc3)CC2)cc1. The number of sulfonamides is 1. The molecule has 0 aromatic heterocycles. The zero-order valence-electron chi connectivity index (χ0n) is 16.1. The van der Waals surface area contributed by atoms with Gasteiger partial charge in [-0.1, -0.05) is 43.7 Å². The minimum absolute atomic E-state index is 0.394. The van der Waals surface area contributed by atoms with Gasteiger partial charge in [-0.3, -0.25) is 0 Å². The molecule has 5 heteroatoms. The Hall–Kier alpha value is -1.85. The third kappa shape index (κ3) is 5.33. The Balaban J connectivity index is 1.56. The van der Waals surface area contributed by atoms with Crippen LogP contribution in [0.4, 0.5) is 5.69 Å². The second kappa shape index (κ2) is 9.38. The van der Waals surface area contributed by atoms with E-state index in [0.29, 0.717) is 23.9 Å². The van der Waals surface area contributed by atoms with Crippen molar-refractivity contribution in [2.24, 2.45) is 5.92 Å². The fraction of sp³-hybridized carbons (Fsp3) is 0.455. The summed E-state index contributed by atoms with van der Waals surface area (Å²) in [6, 6.07) is 17.6. The summed E-state index contributed by atoms with van der Waals surface area (Å²) in [7, 11) is -3.39. The summed E-state index contributed by atoms with van der Waals surface area (Å²) < 4.78 is 27.5. The molecule has 4 nitrogen and oxygen atoms in total. The van der Waals surface area contributed by atoms with Crippen molar-refractivity contribution in [3.05, 3.63) is 60.2 Å². The average molecular weight is 387 g/mol. The second-order valence-corrected chi connectivity index (χ2v) is 9.28. The van der Waals surface area contributed by atoms with Crippen molar-refractivity contribution in [2.45, 2.75) is 43.9 Å². The molecule has 1 aliphatic rings. The molecule has 0 saturated carbocycles. The Morgan fingerprint density at radius 1 is 1.00 bits per heavy atom. The predicted molar refractivity (Wildman–Crippen MR) is 111 cm³/mol. The zero-order valence-corrected chi connectivity index (χ0v) is 16.9. The first-order valence-corrected chi connectivity index (χ1v) is 11.4. The van der Waals surface area contributed by atoms with Crippen LogP contribution < -0.4 is 5.32 Å². The van der Waals surface area contributed by atoms with Crippen molar-refractivity contribution in [2.75, 3.05) is 25.0 Å².